The number of anilines is 1. The fourth-order valence-corrected chi connectivity index (χ4v) is 5.21. The highest BCUT2D eigenvalue weighted by atomic mass is 32.2. The van der Waals surface area contributed by atoms with Crippen LogP contribution in [0.25, 0.3) is 11.1 Å². The monoisotopic (exact) mass is 629 g/mol. The third-order valence-electron chi connectivity index (χ3n) is 7.13. The number of hydrogen-bond donors (Lipinski definition) is 3. The molecule has 4 rings (SSSR count). The number of pyridine rings is 1. The summed E-state index contributed by atoms with van der Waals surface area (Å²) in [5.41, 5.74) is 1.80. The Bertz CT molecular complexity index is 1640. The van der Waals surface area contributed by atoms with E-state index in [0.29, 0.717) is 49.0 Å². The van der Waals surface area contributed by atoms with E-state index in [4.69, 9.17) is 9.81 Å². The van der Waals surface area contributed by atoms with Gasteiger partial charge in [0.05, 0.1) is 11.6 Å². The fraction of sp³-hybridized carbons (Fsp3) is 0.333. The lowest BCUT2D eigenvalue weighted by atomic mass is 10.0. The summed E-state index contributed by atoms with van der Waals surface area (Å²) in [5, 5.41) is 13.9. The first-order valence-corrected chi connectivity index (χ1v) is 15.4. The molecule has 14 heteroatoms. The summed E-state index contributed by atoms with van der Waals surface area (Å²) in [7, 11) is -4.34. The number of hydrogen-bond acceptors (Lipinski definition) is 7. The van der Waals surface area contributed by atoms with Crippen LogP contribution in [-0.2, 0) is 38.7 Å². The number of aromatic nitrogens is 1. The number of nitrogens with zero attached hydrogens (tertiary/aromatic N) is 3. The van der Waals surface area contributed by atoms with E-state index >= 15 is 0 Å². The van der Waals surface area contributed by atoms with Crippen LogP contribution in [0, 0.1) is 11.3 Å². The maximum atomic E-state index is 13.9. The van der Waals surface area contributed by atoms with E-state index in [1.807, 2.05) is 6.07 Å². The van der Waals surface area contributed by atoms with Gasteiger partial charge in [-0.05, 0) is 72.2 Å². The van der Waals surface area contributed by atoms with Gasteiger partial charge in [0.1, 0.15) is 23.4 Å². The maximum absolute atomic E-state index is 13.9. The Balaban J connectivity index is 1.46. The molecule has 0 radical (unpaired) electrons. The van der Waals surface area contributed by atoms with Crippen molar-refractivity contribution in [3.63, 3.8) is 0 Å². The fourth-order valence-electron chi connectivity index (χ4n) is 4.86. The highest BCUT2D eigenvalue weighted by molar-refractivity contribution is 7.85. The van der Waals surface area contributed by atoms with E-state index in [0.717, 1.165) is 11.6 Å². The molecule has 1 aliphatic rings. The van der Waals surface area contributed by atoms with E-state index in [9.17, 15) is 31.2 Å². The topological polar surface area (TPSA) is 152 Å². The molecule has 2 heterocycles. The Morgan fingerprint density at radius 3 is 2.30 bits per heavy atom. The zero-order valence-electron chi connectivity index (χ0n) is 23.5. The van der Waals surface area contributed by atoms with E-state index in [1.165, 1.54) is 6.07 Å². The van der Waals surface area contributed by atoms with Gasteiger partial charge in [-0.3, -0.25) is 14.1 Å². The molecule has 0 unspecified atom stereocenters. The smallest absolute Gasteiger partial charge is 0.354 e. The Morgan fingerprint density at radius 1 is 1.00 bits per heavy atom. The molecule has 10 nitrogen and oxygen atoms in total. The Kier molecular flexibility index (Phi) is 10.2. The Morgan fingerprint density at radius 2 is 1.66 bits per heavy atom. The minimum absolute atomic E-state index is 0.0409. The van der Waals surface area contributed by atoms with Crippen LogP contribution in [0.5, 0.6) is 0 Å². The van der Waals surface area contributed by atoms with Crippen molar-refractivity contribution in [1.29, 1.82) is 5.26 Å². The molecule has 44 heavy (non-hydrogen) atoms. The first kappa shape index (κ1) is 32.4. The van der Waals surface area contributed by atoms with Crippen molar-refractivity contribution in [2.75, 3.05) is 23.9 Å². The van der Waals surface area contributed by atoms with Crippen molar-refractivity contribution in [2.45, 2.75) is 44.3 Å². The van der Waals surface area contributed by atoms with Gasteiger partial charge in [0.25, 0.3) is 10.1 Å². The maximum Gasteiger partial charge on any atom is 0.433 e. The predicted molar refractivity (Wildman–Crippen MR) is 156 cm³/mol. The number of nitrogens with one attached hydrogen (secondary N) is 2. The number of aryl methyl sites for hydroxylation is 1. The van der Waals surface area contributed by atoms with E-state index in [1.54, 1.807) is 53.4 Å². The molecule has 2 aromatic carbocycles. The summed E-state index contributed by atoms with van der Waals surface area (Å²) in [4.78, 5) is 30.4. The quantitative estimate of drug-likeness (QED) is 0.271. The standard InChI is InChI=1S/C30H30F3N5O5S/c31-30(32,33)26-16-24(23-10-7-20(8-11-23)9-12-28(39)36-19-44(41,42)43)17-27(37-26)38-15-1-2-25(38)29(40)35-14-13-21-3-5-22(18-34)6-4-21/h3-8,10-11,16-17,25H,1-2,9,12-15,19H2,(H,35,40)(H,36,39)(H,41,42,43)/t25-/m0/s1. The van der Waals surface area contributed by atoms with Crippen LogP contribution in [0.1, 0.15) is 41.6 Å². The van der Waals surface area contributed by atoms with Crippen LogP contribution in [-0.4, -0.2) is 54.8 Å². The van der Waals surface area contributed by atoms with E-state index in [2.05, 4.69) is 15.6 Å². The van der Waals surface area contributed by atoms with E-state index < -0.39 is 39.8 Å². The molecule has 1 atom stereocenters. The summed E-state index contributed by atoms with van der Waals surface area (Å²) < 4.78 is 71.9. The Labute approximate surface area is 252 Å². The summed E-state index contributed by atoms with van der Waals surface area (Å²) in [6.45, 7) is 0.685. The van der Waals surface area contributed by atoms with Crippen LogP contribution < -0.4 is 15.5 Å². The van der Waals surface area contributed by atoms with Gasteiger partial charge in [-0.15, -0.1) is 0 Å². The number of alkyl halides is 3. The number of nitriles is 1. The normalized spacial score (nSPS) is 15.1. The molecule has 1 aromatic heterocycles. The van der Waals surface area contributed by atoms with Crippen LogP contribution in [0.4, 0.5) is 19.0 Å². The molecular weight excluding hydrogens is 599 g/mol. The van der Waals surface area contributed by atoms with Gasteiger partial charge in [0.15, 0.2) is 0 Å². The molecule has 0 aliphatic carbocycles. The van der Waals surface area contributed by atoms with Crippen LogP contribution in [0.2, 0.25) is 0 Å². The van der Waals surface area contributed by atoms with E-state index in [-0.39, 0.29) is 30.1 Å². The van der Waals surface area contributed by atoms with Gasteiger partial charge >= 0.3 is 6.18 Å². The van der Waals surface area contributed by atoms with Crippen molar-refractivity contribution in [2.24, 2.45) is 0 Å². The van der Waals surface area contributed by atoms with Gasteiger partial charge < -0.3 is 15.5 Å². The summed E-state index contributed by atoms with van der Waals surface area (Å²) in [6, 6.07) is 17.3. The number of halogens is 3. The van der Waals surface area contributed by atoms with Crippen molar-refractivity contribution in [3.8, 4) is 17.2 Å². The largest absolute Gasteiger partial charge is 0.433 e. The summed E-state index contributed by atoms with van der Waals surface area (Å²) >= 11 is 0. The molecule has 1 saturated heterocycles. The van der Waals surface area contributed by atoms with Crippen molar-refractivity contribution in [1.82, 2.24) is 15.6 Å². The predicted octanol–water partition coefficient (Wildman–Crippen LogP) is 3.86. The van der Waals surface area contributed by atoms with Crippen molar-refractivity contribution in [3.05, 3.63) is 83.0 Å². The highest BCUT2D eigenvalue weighted by Crippen LogP contribution is 2.35. The number of carbonyl (C=O) groups is 2. The first-order chi connectivity index (χ1) is 20.8. The lowest BCUT2D eigenvalue weighted by Crippen LogP contribution is -2.44. The molecule has 1 aliphatic heterocycles. The minimum Gasteiger partial charge on any atom is -0.354 e. The molecular formula is C30H30F3N5O5S. The van der Waals surface area contributed by atoms with Crippen LogP contribution >= 0.6 is 0 Å². The molecule has 0 saturated carbocycles. The van der Waals surface area contributed by atoms with Gasteiger partial charge in [-0.25, -0.2) is 4.98 Å². The average Bonchev–Trinajstić information content (AvgIpc) is 3.49. The number of amides is 2. The highest BCUT2D eigenvalue weighted by Gasteiger charge is 2.36. The third kappa shape index (κ3) is 9.01. The van der Waals surface area contributed by atoms with Gasteiger partial charge in [-0.1, -0.05) is 36.4 Å². The SMILES string of the molecule is N#Cc1ccc(CCNC(=O)[C@@H]2CCCN2c2cc(-c3ccc(CCC(=O)NCS(=O)(=O)O)cc3)cc(C(F)(F)F)n2)cc1. The molecule has 3 aromatic rings. The summed E-state index contributed by atoms with van der Waals surface area (Å²) in [5.74, 6) is -1.74. The molecule has 2 amide bonds. The number of rotatable bonds is 11. The molecule has 232 valence electrons. The first-order valence-electron chi connectivity index (χ1n) is 13.8. The molecule has 1 fully saturated rings. The molecule has 3 N–H and O–H groups in total. The van der Waals surface area contributed by atoms with Gasteiger partial charge in [0, 0.05) is 19.5 Å². The van der Waals surface area contributed by atoms with Crippen LogP contribution in [0.15, 0.2) is 60.7 Å². The lowest BCUT2D eigenvalue weighted by Gasteiger charge is -2.26. The van der Waals surface area contributed by atoms with Crippen molar-refractivity contribution < 1.29 is 35.7 Å². The van der Waals surface area contributed by atoms with Gasteiger partial charge in [0.2, 0.25) is 11.8 Å². The second kappa shape index (κ2) is 13.9. The van der Waals surface area contributed by atoms with Gasteiger partial charge in [-0.2, -0.15) is 26.9 Å². The van der Waals surface area contributed by atoms with Crippen molar-refractivity contribution >= 4 is 27.8 Å². The second-order valence-electron chi connectivity index (χ2n) is 10.3. The third-order valence-corrected chi connectivity index (χ3v) is 7.64. The number of benzene rings is 2. The lowest BCUT2D eigenvalue weighted by molar-refractivity contribution is -0.141. The zero-order valence-corrected chi connectivity index (χ0v) is 24.3. The average molecular weight is 630 g/mol. The number of carbonyl (C=O) groups excluding carboxylic acids is 2. The Hall–Kier alpha value is -4.48. The molecule has 0 bridgehead atoms. The summed E-state index contributed by atoms with van der Waals surface area (Å²) in [6.07, 6.45) is -2.95. The van der Waals surface area contributed by atoms with Crippen LogP contribution in [0.3, 0.4) is 0 Å². The molecule has 0 spiro atoms. The second-order valence-corrected chi connectivity index (χ2v) is 11.8. The zero-order chi connectivity index (χ0) is 31.9. The minimum atomic E-state index is -4.72.